The Morgan fingerprint density at radius 2 is 1.77 bits per heavy atom. The summed E-state index contributed by atoms with van der Waals surface area (Å²) in [6.45, 7) is 1.88. The Hall–Kier alpha value is -3.09. The third-order valence-electron chi connectivity index (χ3n) is 5.54. The summed E-state index contributed by atoms with van der Waals surface area (Å²) in [5, 5.41) is 0. The molecule has 2 aromatic carbocycles. The molecule has 2 heterocycles. The van der Waals surface area contributed by atoms with Crippen molar-refractivity contribution in [3.8, 4) is 11.4 Å². The van der Waals surface area contributed by atoms with Gasteiger partial charge in [0.1, 0.15) is 5.82 Å². The van der Waals surface area contributed by atoms with E-state index in [-0.39, 0.29) is 11.5 Å². The van der Waals surface area contributed by atoms with Crippen molar-refractivity contribution in [3.05, 3.63) is 78.1 Å². The van der Waals surface area contributed by atoms with E-state index in [0.717, 1.165) is 42.9 Å². The van der Waals surface area contributed by atoms with Crippen LogP contribution in [0.15, 0.2) is 67.0 Å². The van der Waals surface area contributed by atoms with Gasteiger partial charge in [0.25, 0.3) is 5.91 Å². The Morgan fingerprint density at radius 1 is 1.03 bits per heavy atom. The van der Waals surface area contributed by atoms with Gasteiger partial charge in [-0.05, 0) is 37.0 Å². The highest BCUT2D eigenvalue weighted by molar-refractivity contribution is 5.94. The number of nitrogens with zero attached hydrogens (tertiary/aromatic N) is 3. The summed E-state index contributed by atoms with van der Waals surface area (Å²) >= 11 is 0. The number of likely N-dealkylation sites (tertiary alicyclic amines) is 1. The molecule has 0 bridgehead atoms. The van der Waals surface area contributed by atoms with Gasteiger partial charge in [-0.25, -0.2) is 4.98 Å². The highest BCUT2D eigenvalue weighted by atomic mass is 19.4. The topological polar surface area (TPSA) is 38.1 Å². The third-order valence-corrected chi connectivity index (χ3v) is 5.54. The lowest BCUT2D eigenvalue weighted by molar-refractivity contribution is -0.137. The molecule has 0 spiro atoms. The molecule has 0 radical (unpaired) electrons. The molecule has 0 aliphatic carbocycles. The molecule has 4 rings (SSSR count). The van der Waals surface area contributed by atoms with Gasteiger partial charge in [-0.3, -0.25) is 4.79 Å². The maximum atomic E-state index is 12.9. The molecule has 0 atom stereocenters. The molecule has 0 saturated carbocycles. The smallest absolute Gasteiger partial charge is 0.339 e. The van der Waals surface area contributed by atoms with Crippen LogP contribution in [0.5, 0.6) is 0 Å². The van der Waals surface area contributed by atoms with Crippen LogP contribution in [0.25, 0.3) is 11.4 Å². The third kappa shape index (κ3) is 4.40. The van der Waals surface area contributed by atoms with Crippen molar-refractivity contribution in [2.75, 3.05) is 13.1 Å². The molecule has 1 aromatic heterocycles. The first-order valence-electron chi connectivity index (χ1n) is 9.95. The van der Waals surface area contributed by atoms with Crippen molar-refractivity contribution in [2.24, 2.45) is 5.92 Å². The van der Waals surface area contributed by atoms with Crippen LogP contribution in [0, 0.1) is 5.92 Å². The van der Waals surface area contributed by atoms with E-state index in [0.29, 0.717) is 19.0 Å². The van der Waals surface area contributed by atoms with Gasteiger partial charge in [-0.15, -0.1) is 0 Å². The van der Waals surface area contributed by atoms with Crippen molar-refractivity contribution >= 4 is 5.91 Å². The summed E-state index contributed by atoms with van der Waals surface area (Å²) < 4.78 is 40.9. The number of halogens is 3. The predicted molar refractivity (Wildman–Crippen MR) is 108 cm³/mol. The fourth-order valence-corrected chi connectivity index (χ4v) is 3.91. The normalized spacial score (nSPS) is 15.4. The van der Waals surface area contributed by atoms with E-state index in [4.69, 9.17) is 0 Å². The number of piperidine rings is 1. The maximum absolute atomic E-state index is 12.9. The van der Waals surface area contributed by atoms with Crippen molar-refractivity contribution < 1.29 is 18.0 Å². The van der Waals surface area contributed by atoms with Crippen LogP contribution in [0.2, 0.25) is 0 Å². The molecule has 30 heavy (non-hydrogen) atoms. The number of alkyl halides is 3. The summed E-state index contributed by atoms with van der Waals surface area (Å²) in [4.78, 5) is 18.8. The Balaban J connectivity index is 1.38. The van der Waals surface area contributed by atoms with Crippen LogP contribution in [0.1, 0.15) is 28.8 Å². The molecule has 1 aliphatic rings. The molecule has 1 saturated heterocycles. The standard InChI is InChI=1S/C23H22F3N3O/c24-23(25,26)20-8-4-7-19(15-20)22(30)28-12-9-17(10-13-28)16-29-14-11-27-21(29)18-5-2-1-3-6-18/h1-8,11,14-15,17H,9-10,12-13,16H2. The van der Waals surface area contributed by atoms with Crippen LogP contribution in [0.4, 0.5) is 13.2 Å². The molecule has 4 nitrogen and oxygen atoms in total. The summed E-state index contributed by atoms with van der Waals surface area (Å²) in [6, 6.07) is 14.6. The van der Waals surface area contributed by atoms with Crippen LogP contribution < -0.4 is 0 Å². The number of carbonyl (C=O) groups is 1. The number of hydrogen-bond acceptors (Lipinski definition) is 2. The number of amides is 1. The van der Waals surface area contributed by atoms with E-state index in [9.17, 15) is 18.0 Å². The number of aromatic nitrogens is 2. The SMILES string of the molecule is O=C(c1cccc(C(F)(F)F)c1)N1CCC(Cn2ccnc2-c2ccccc2)CC1. The monoisotopic (exact) mass is 413 g/mol. The minimum Gasteiger partial charge on any atom is -0.339 e. The number of imidazole rings is 1. The average molecular weight is 413 g/mol. The van der Waals surface area contributed by atoms with E-state index in [1.165, 1.54) is 12.1 Å². The molecular weight excluding hydrogens is 391 g/mol. The first kappa shape index (κ1) is 20.2. The van der Waals surface area contributed by atoms with Gasteiger partial charge in [-0.1, -0.05) is 36.4 Å². The summed E-state index contributed by atoms with van der Waals surface area (Å²) in [6.07, 6.45) is 0.899. The Kier molecular flexibility index (Phi) is 5.61. The predicted octanol–water partition coefficient (Wildman–Crippen LogP) is 5.12. The van der Waals surface area contributed by atoms with Crippen LogP contribution >= 0.6 is 0 Å². The van der Waals surface area contributed by atoms with Gasteiger partial charge in [0.2, 0.25) is 0 Å². The van der Waals surface area contributed by atoms with E-state index >= 15 is 0 Å². The Labute approximate surface area is 173 Å². The molecule has 7 heteroatoms. The van der Waals surface area contributed by atoms with E-state index < -0.39 is 11.7 Å². The fourth-order valence-electron chi connectivity index (χ4n) is 3.91. The Morgan fingerprint density at radius 3 is 2.47 bits per heavy atom. The molecule has 1 amide bonds. The van der Waals surface area contributed by atoms with Gasteiger partial charge in [0.15, 0.2) is 0 Å². The van der Waals surface area contributed by atoms with Gasteiger partial charge in [0, 0.05) is 43.2 Å². The van der Waals surface area contributed by atoms with Gasteiger partial charge in [-0.2, -0.15) is 13.2 Å². The first-order valence-corrected chi connectivity index (χ1v) is 9.95. The van der Waals surface area contributed by atoms with Crippen molar-refractivity contribution in [3.63, 3.8) is 0 Å². The number of carbonyl (C=O) groups excluding carboxylic acids is 1. The second-order valence-corrected chi connectivity index (χ2v) is 7.58. The van der Waals surface area contributed by atoms with Crippen LogP contribution in [-0.4, -0.2) is 33.4 Å². The largest absolute Gasteiger partial charge is 0.416 e. The molecule has 0 unspecified atom stereocenters. The zero-order valence-corrected chi connectivity index (χ0v) is 16.3. The van der Waals surface area contributed by atoms with E-state index in [1.807, 2.05) is 36.5 Å². The molecule has 3 aromatic rings. The van der Waals surface area contributed by atoms with E-state index in [1.54, 1.807) is 11.1 Å². The lowest BCUT2D eigenvalue weighted by atomic mass is 9.96. The fraction of sp³-hybridized carbons (Fsp3) is 0.304. The van der Waals surface area contributed by atoms with Crippen molar-refractivity contribution in [1.82, 2.24) is 14.5 Å². The zero-order valence-electron chi connectivity index (χ0n) is 16.3. The first-order chi connectivity index (χ1) is 14.4. The number of benzene rings is 2. The van der Waals surface area contributed by atoms with Gasteiger partial charge in [0.05, 0.1) is 5.56 Å². The van der Waals surface area contributed by atoms with Crippen LogP contribution in [-0.2, 0) is 12.7 Å². The second kappa shape index (κ2) is 8.34. The minimum atomic E-state index is -4.45. The number of hydrogen-bond donors (Lipinski definition) is 0. The molecule has 1 fully saturated rings. The van der Waals surface area contributed by atoms with E-state index in [2.05, 4.69) is 9.55 Å². The van der Waals surface area contributed by atoms with Gasteiger partial charge < -0.3 is 9.47 Å². The quantitative estimate of drug-likeness (QED) is 0.595. The lowest BCUT2D eigenvalue weighted by Gasteiger charge is -2.32. The molecule has 1 aliphatic heterocycles. The van der Waals surface area contributed by atoms with Crippen molar-refractivity contribution in [1.29, 1.82) is 0 Å². The van der Waals surface area contributed by atoms with Crippen LogP contribution in [0.3, 0.4) is 0 Å². The highest BCUT2D eigenvalue weighted by Crippen LogP contribution is 2.30. The summed E-state index contributed by atoms with van der Waals surface area (Å²) in [7, 11) is 0. The van der Waals surface area contributed by atoms with Gasteiger partial charge >= 0.3 is 6.18 Å². The average Bonchev–Trinajstić information content (AvgIpc) is 3.22. The lowest BCUT2D eigenvalue weighted by Crippen LogP contribution is -2.39. The maximum Gasteiger partial charge on any atom is 0.416 e. The number of rotatable bonds is 4. The minimum absolute atomic E-state index is 0.0873. The molecular formula is C23H22F3N3O. The summed E-state index contributed by atoms with van der Waals surface area (Å²) in [5.74, 6) is 0.956. The molecule has 156 valence electrons. The second-order valence-electron chi connectivity index (χ2n) is 7.58. The zero-order chi connectivity index (χ0) is 21.1. The Bertz CT molecular complexity index is 1010. The molecule has 0 N–H and O–H groups in total. The highest BCUT2D eigenvalue weighted by Gasteiger charge is 2.32. The summed E-state index contributed by atoms with van der Waals surface area (Å²) in [5.41, 5.74) is 0.348. The van der Waals surface area contributed by atoms with Crippen molar-refractivity contribution in [2.45, 2.75) is 25.6 Å².